The lowest BCUT2D eigenvalue weighted by Crippen LogP contribution is -2.36. The predicted octanol–water partition coefficient (Wildman–Crippen LogP) is 3.70. The summed E-state index contributed by atoms with van der Waals surface area (Å²) in [5.74, 6) is 0.125. The fraction of sp³-hybridized carbons (Fsp3) is 0.579. The second-order valence-corrected chi connectivity index (χ2v) is 7.29. The second-order valence-electron chi connectivity index (χ2n) is 6.33. The minimum absolute atomic E-state index is 0.0612. The summed E-state index contributed by atoms with van der Waals surface area (Å²) < 4.78 is 10.7. The summed E-state index contributed by atoms with van der Waals surface area (Å²) in [7, 11) is 1.71. The Balaban J connectivity index is 1.92. The van der Waals surface area contributed by atoms with Crippen LogP contribution in [0, 0.1) is 0 Å². The quantitative estimate of drug-likeness (QED) is 0.568. The van der Waals surface area contributed by atoms with Crippen molar-refractivity contribution in [3.8, 4) is 11.5 Å². The second kappa shape index (κ2) is 9.83. The molecule has 0 radical (unpaired) electrons. The average Bonchev–Trinajstić information content (AvgIpc) is 3.07. The number of benzene rings is 1. The number of nitrogens with zero attached hydrogens (tertiary/aromatic N) is 1. The predicted molar refractivity (Wildman–Crippen MR) is 104 cm³/mol. The number of carbonyl (C=O) groups is 1. The summed E-state index contributed by atoms with van der Waals surface area (Å²) in [6.45, 7) is 3.20. The molecule has 0 amide bonds. The van der Waals surface area contributed by atoms with Crippen molar-refractivity contribution in [3.63, 3.8) is 0 Å². The number of carboxylic acid groups (broad SMARTS) is 1. The summed E-state index contributed by atoms with van der Waals surface area (Å²) in [4.78, 5) is 15.9. The van der Waals surface area contributed by atoms with Crippen LogP contribution in [0.15, 0.2) is 23.2 Å². The Morgan fingerprint density at radius 2 is 2.00 bits per heavy atom. The van der Waals surface area contributed by atoms with Crippen LogP contribution in [-0.4, -0.2) is 52.8 Å². The number of phenols is 1. The SMILES string of the molecule is CC[C@]1(C(=O)O)CSC(c2ccc(OCCCCCCOC)cc2O)=N1. The van der Waals surface area contributed by atoms with Gasteiger partial charge in [-0.15, -0.1) is 11.8 Å². The van der Waals surface area contributed by atoms with Crippen molar-refractivity contribution in [2.75, 3.05) is 26.1 Å². The number of ether oxygens (including phenoxy) is 2. The number of hydrogen-bond donors (Lipinski definition) is 2. The van der Waals surface area contributed by atoms with Gasteiger partial charge in [-0.3, -0.25) is 4.99 Å². The minimum atomic E-state index is -1.09. The Morgan fingerprint density at radius 1 is 1.27 bits per heavy atom. The number of carboxylic acids is 1. The first-order valence-electron chi connectivity index (χ1n) is 8.93. The van der Waals surface area contributed by atoms with Crippen molar-refractivity contribution in [1.82, 2.24) is 0 Å². The Labute approximate surface area is 158 Å². The van der Waals surface area contributed by atoms with E-state index in [0.717, 1.165) is 32.3 Å². The third-order valence-corrected chi connectivity index (χ3v) is 5.66. The largest absolute Gasteiger partial charge is 0.507 e. The van der Waals surface area contributed by atoms with Gasteiger partial charge >= 0.3 is 5.97 Å². The molecule has 26 heavy (non-hydrogen) atoms. The highest BCUT2D eigenvalue weighted by Crippen LogP contribution is 2.37. The van der Waals surface area contributed by atoms with Gasteiger partial charge in [0.1, 0.15) is 16.5 Å². The molecule has 7 heteroatoms. The van der Waals surface area contributed by atoms with Gasteiger partial charge < -0.3 is 19.7 Å². The first kappa shape index (κ1) is 20.6. The van der Waals surface area contributed by atoms with E-state index in [1.54, 1.807) is 25.3 Å². The van der Waals surface area contributed by atoms with Crippen LogP contribution in [-0.2, 0) is 9.53 Å². The molecule has 1 atom stereocenters. The molecular weight excluding hydrogens is 354 g/mol. The smallest absolute Gasteiger partial charge is 0.332 e. The number of methoxy groups -OCH3 is 1. The van der Waals surface area contributed by atoms with E-state index in [4.69, 9.17) is 9.47 Å². The number of aliphatic carboxylic acids is 1. The minimum Gasteiger partial charge on any atom is -0.507 e. The Kier molecular flexibility index (Phi) is 7.78. The highest BCUT2D eigenvalue weighted by Gasteiger charge is 2.42. The first-order valence-corrected chi connectivity index (χ1v) is 9.92. The van der Waals surface area contributed by atoms with Crippen molar-refractivity contribution in [3.05, 3.63) is 23.8 Å². The van der Waals surface area contributed by atoms with Crippen LogP contribution in [0.25, 0.3) is 0 Å². The zero-order valence-corrected chi connectivity index (χ0v) is 16.2. The van der Waals surface area contributed by atoms with E-state index in [0.29, 0.717) is 35.1 Å². The lowest BCUT2D eigenvalue weighted by Gasteiger charge is -2.16. The maximum atomic E-state index is 11.5. The van der Waals surface area contributed by atoms with Gasteiger partial charge in [-0.2, -0.15) is 0 Å². The van der Waals surface area contributed by atoms with Crippen LogP contribution in [0.4, 0.5) is 0 Å². The Morgan fingerprint density at radius 3 is 2.58 bits per heavy atom. The van der Waals surface area contributed by atoms with Gasteiger partial charge in [0, 0.05) is 31.1 Å². The fourth-order valence-electron chi connectivity index (χ4n) is 2.70. The molecule has 2 rings (SSSR count). The first-order chi connectivity index (χ1) is 12.5. The molecule has 0 saturated heterocycles. The molecule has 1 aliphatic rings. The molecule has 1 aromatic rings. The van der Waals surface area contributed by atoms with Crippen LogP contribution < -0.4 is 4.74 Å². The van der Waals surface area contributed by atoms with Gasteiger partial charge in [0.25, 0.3) is 0 Å². The number of unbranched alkanes of at least 4 members (excludes halogenated alkanes) is 3. The molecule has 0 spiro atoms. The maximum Gasteiger partial charge on any atom is 0.332 e. The summed E-state index contributed by atoms with van der Waals surface area (Å²) in [5, 5.41) is 20.3. The molecule has 0 fully saturated rings. The lowest BCUT2D eigenvalue weighted by atomic mass is 10.0. The summed E-state index contributed by atoms with van der Waals surface area (Å²) >= 11 is 1.36. The molecule has 0 bridgehead atoms. The number of phenolic OH excluding ortho intramolecular Hbond substituents is 1. The molecule has 1 heterocycles. The van der Waals surface area contributed by atoms with Crippen molar-refractivity contribution >= 4 is 22.8 Å². The summed E-state index contributed by atoms with van der Waals surface area (Å²) in [5.41, 5.74) is -0.539. The van der Waals surface area contributed by atoms with Gasteiger partial charge in [-0.1, -0.05) is 13.3 Å². The van der Waals surface area contributed by atoms with Gasteiger partial charge in [0.2, 0.25) is 0 Å². The Bertz CT molecular complexity index is 649. The Hall–Kier alpha value is -1.73. The third kappa shape index (κ3) is 5.14. The molecule has 2 N–H and O–H groups in total. The van der Waals surface area contributed by atoms with E-state index < -0.39 is 11.5 Å². The topological polar surface area (TPSA) is 88.4 Å². The zero-order valence-electron chi connectivity index (χ0n) is 15.4. The number of aliphatic imine (C=N–C) groups is 1. The van der Waals surface area contributed by atoms with Crippen LogP contribution in [0.5, 0.6) is 11.5 Å². The number of rotatable bonds is 11. The standard InChI is InChI=1S/C19H27NO5S/c1-3-19(18(22)23)13-26-17(20-19)15-9-8-14(12-16(15)21)25-11-7-5-4-6-10-24-2/h8-9,12,21H,3-7,10-11,13H2,1-2H3,(H,22,23)/t19-/m1/s1. The molecular formula is C19H27NO5S. The van der Waals surface area contributed by atoms with E-state index in [1.807, 2.05) is 6.92 Å². The molecule has 0 saturated carbocycles. The van der Waals surface area contributed by atoms with Gasteiger partial charge in [0.15, 0.2) is 5.54 Å². The van der Waals surface area contributed by atoms with Crippen molar-refractivity contribution < 1.29 is 24.5 Å². The van der Waals surface area contributed by atoms with Gasteiger partial charge in [0.05, 0.1) is 6.61 Å². The van der Waals surface area contributed by atoms with E-state index in [1.165, 1.54) is 11.8 Å². The molecule has 1 aromatic carbocycles. The monoisotopic (exact) mass is 381 g/mol. The molecule has 0 aliphatic carbocycles. The summed E-state index contributed by atoms with van der Waals surface area (Å²) in [6.07, 6.45) is 4.62. The fourth-order valence-corrected chi connectivity index (χ4v) is 4.04. The van der Waals surface area contributed by atoms with E-state index in [-0.39, 0.29) is 5.75 Å². The van der Waals surface area contributed by atoms with Crippen molar-refractivity contribution in [2.45, 2.75) is 44.6 Å². The van der Waals surface area contributed by atoms with Crippen molar-refractivity contribution in [2.24, 2.45) is 4.99 Å². The number of thioether (sulfide) groups is 1. The van der Waals surface area contributed by atoms with E-state index in [9.17, 15) is 15.0 Å². The summed E-state index contributed by atoms with van der Waals surface area (Å²) in [6, 6.07) is 5.09. The normalized spacial score (nSPS) is 19.4. The van der Waals surface area contributed by atoms with Crippen molar-refractivity contribution in [1.29, 1.82) is 0 Å². The van der Waals surface area contributed by atoms with Gasteiger partial charge in [-0.25, -0.2) is 4.79 Å². The number of hydrogen-bond acceptors (Lipinski definition) is 6. The average molecular weight is 381 g/mol. The third-order valence-electron chi connectivity index (χ3n) is 4.46. The molecule has 0 aromatic heterocycles. The van der Waals surface area contributed by atoms with E-state index in [2.05, 4.69) is 4.99 Å². The maximum absolute atomic E-state index is 11.5. The molecule has 144 valence electrons. The van der Waals surface area contributed by atoms with Gasteiger partial charge in [-0.05, 0) is 37.8 Å². The van der Waals surface area contributed by atoms with Crippen LogP contribution in [0.2, 0.25) is 0 Å². The van der Waals surface area contributed by atoms with Crippen LogP contribution in [0.3, 0.4) is 0 Å². The zero-order chi connectivity index (χ0) is 19.0. The lowest BCUT2D eigenvalue weighted by molar-refractivity contribution is -0.142. The number of aromatic hydroxyl groups is 1. The molecule has 6 nitrogen and oxygen atoms in total. The van der Waals surface area contributed by atoms with Crippen LogP contribution in [0.1, 0.15) is 44.6 Å². The molecule has 0 unspecified atom stereocenters. The highest BCUT2D eigenvalue weighted by molar-refractivity contribution is 8.14. The highest BCUT2D eigenvalue weighted by atomic mass is 32.2. The van der Waals surface area contributed by atoms with E-state index >= 15 is 0 Å². The molecule has 1 aliphatic heterocycles. The van der Waals surface area contributed by atoms with Crippen LogP contribution >= 0.6 is 11.8 Å².